The normalized spacial score (nSPS) is 22.5. The van der Waals surface area contributed by atoms with Crippen molar-refractivity contribution in [1.29, 1.82) is 0 Å². The summed E-state index contributed by atoms with van der Waals surface area (Å²) in [5, 5.41) is 5.74. The zero-order valence-corrected chi connectivity index (χ0v) is 10.1. The number of rotatable bonds is 3. The number of benzene rings is 1. The third kappa shape index (κ3) is 1.82. The number of hydrogen-bond donors (Lipinski definition) is 1. The Morgan fingerprint density at radius 1 is 1.29 bits per heavy atom. The number of hydrogen-bond acceptors (Lipinski definition) is 3. The summed E-state index contributed by atoms with van der Waals surface area (Å²) in [7, 11) is 1.70. The molecular weight excluding hydrogens is 212 g/mol. The Labute approximate surface area is 101 Å². The van der Waals surface area contributed by atoms with Crippen molar-refractivity contribution in [2.24, 2.45) is 5.92 Å². The molecule has 1 fully saturated rings. The highest BCUT2D eigenvalue weighted by atomic mass is 16.5. The van der Waals surface area contributed by atoms with Crippen LogP contribution in [0.5, 0.6) is 5.75 Å². The van der Waals surface area contributed by atoms with Crippen molar-refractivity contribution in [3.63, 3.8) is 0 Å². The van der Waals surface area contributed by atoms with E-state index in [0.29, 0.717) is 6.04 Å². The Morgan fingerprint density at radius 2 is 2.12 bits per heavy atom. The van der Waals surface area contributed by atoms with Gasteiger partial charge in [-0.05, 0) is 24.5 Å². The molecule has 2 atom stereocenters. The fourth-order valence-corrected chi connectivity index (χ4v) is 2.17. The minimum absolute atomic E-state index is 0.583. The maximum atomic E-state index is 5.37. The highest BCUT2D eigenvalue weighted by Crippen LogP contribution is 2.35. The average molecular weight is 228 g/mol. The summed E-state index contributed by atoms with van der Waals surface area (Å²) in [6.07, 6.45) is 3.07. The third-order valence-corrected chi connectivity index (χ3v) is 3.42. The van der Waals surface area contributed by atoms with Gasteiger partial charge in [-0.15, -0.1) is 0 Å². The first kappa shape index (κ1) is 10.4. The monoisotopic (exact) mass is 228 g/mol. The summed E-state index contributed by atoms with van der Waals surface area (Å²) >= 11 is 0. The van der Waals surface area contributed by atoms with Crippen LogP contribution >= 0.6 is 0 Å². The van der Waals surface area contributed by atoms with E-state index >= 15 is 0 Å². The van der Waals surface area contributed by atoms with E-state index in [4.69, 9.17) is 4.74 Å². The topological polar surface area (TPSA) is 34.1 Å². The van der Waals surface area contributed by atoms with Gasteiger partial charge in [-0.2, -0.15) is 0 Å². The van der Waals surface area contributed by atoms with Gasteiger partial charge < -0.3 is 10.1 Å². The van der Waals surface area contributed by atoms with E-state index in [1.54, 1.807) is 7.11 Å². The molecule has 3 nitrogen and oxygen atoms in total. The van der Waals surface area contributed by atoms with E-state index in [9.17, 15) is 0 Å². The Balaban J connectivity index is 2.06. The fraction of sp³-hybridized carbons (Fsp3) is 0.357. The van der Waals surface area contributed by atoms with Gasteiger partial charge in [0.15, 0.2) is 0 Å². The summed E-state index contributed by atoms with van der Waals surface area (Å²) in [6.45, 7) is 2.25. The molecule has 17 heavy (non-hydrogen) atoms. The molecule has 1 aliphatic rings. The first-order valence-corrected chi connectivity index (χ1v) is 5.98. The number of nitrogens with zero attached hydrogens (tertiary/aromatic N) is 1. The lowest BCUT2D eigenvalue weighted by Crippen LogP contribution is -2.05. The van der Waals surface area contributed by atoms with Crippen molar-refractivity contribution in [1.82, 2.24) is 4.98 Å². The first-order chi connectivity index (χ1) is 8.29. The molecule has 0 aliphatic heterocycles. The van der Waals surface area contributed by atoms with Crippen molar-refractivity contribution in [3.05, 3.63) is 30.5 Å². The molecule has 3 heteroatoms. The minimum Gasteiger partial charge on any atom is -0.496 e. The van der Waals surface area contributed by atoms with E-state index in [1.165, 1.54) is 6.42 Å². The van der Waals surface area contributed by atoms with Crippen LogP contribution in [0.15, 0.2) is 30.5 Å². The molecule has 2 aromatic rings. The Kier molecular flexibility index (Phi) is 2.39. The standard InChI is InChI=1S/C14H16N2O/c1-9-8-12(9)16-14-11-4-3-5-13(17-2)10(11)6-7-15-14/h3-7,9,12H,8H2,1-2H3,(H,15,16). The zero-order valence-electron chi connectivity index (χ0n) is 10.1. The maximum absolute atomic E-state index is 5.37. The molecule has 0 amide bonds. The predicted molar refractivity (Wildman–Crippen MR) is 69.5 cm³/mol. The molecule has 0 radical (unpaired) electrons. The number of fused-ring (bicyclic) bond motifs is 1. The summed E-state index contributed by atoms with van der Waals surface area (Å²) in [5.41, 5.74) is 0. The van der Waals surface area contributed by atoms with Crippen LogP contribution in [0.25, 0.3) is 10.8 Å². The highest BCUT2D eigenvalue weighted by Gasteiger charge is 2.32. The summed E-state index contributed by atoms with van der Waals surface area (Å²) < 4.78 is 5.37. The van der Waals surface area contributed by atoms with E-state index in [1.807, 2.05) is 24.4 Å². The number of ether oxygens (including phenoxy) is 1. The molecular formula is C14H16N2O. The average Bonchev–Trinajstić information content (AvgIpc) is 3.04. The lowest BCUT2D eigenvalue weighted by molar-refractivity contribution is 0.420. The molecule has 1 N–H and O–H groups in total. The second-order valence-corrected chi connectivity index (χ2v) is 4.68. The van der Waals surface area contributed by atoms with E-state index in [0.717, 1.165) is 28.3 Å². The van der Waals surface area contributed by atoms with Crippen molar-refractivity contribution in [2.45, 2.75) is 19.4 Å². The minimum atomic E-state index is 0.583. The van der Waals surface area contributed by atoms with Gasteiger partial charge in [-0.1, -0.05) is 19.1 Å². The van der Waals surface area contributed by atoms with Gasteiger partial charge in [-0.25, -0.2) is 4.98 Å². The molecule has 1 heterocycles. The van der Waals surface area contributed by atoms with Gasteiger partial charge >= 0.3 is 0 Å². The fourth-order valence-electron chi connectivity index (χ4n) is 2.17. The Morgan fingerprint density at radius 3 is 2.82 bits per heavy atom. The quantitative estimate of drug-likeness (QED) is 0.876. The number of anilines is 1. The van der Waals surface area contributed by atoms with Crippen LogP contribution in [0.4, 0.5) is 5.82 Å². The Bertz CT molecular complexity index is 553. The molecule has 88 valence electrons. The van der Waals surface area contributed by atoms with Crippen molar-refractivity contribution < 1.29 is 4.74 Å². The maximum Gasteiger partial charge on any atom is 0.134 e. The zero-order chi connectivity index (χ0) is 11.8. The smallest absolute Gasteiger partial charge is 0.134 e. The lowest BCUT2D eigenvalue weighted by atomic mass is 10.1. The second kappa shape index (κ2) is 3.91. The number of pyridine rings is 1. The summed E-state index contributed by atoms with van der Waals surface area (Å²) in [6, 6.07) is 8.64. The third-order valence-electron chi connectivity index (χ3n) is 3.42. The van der Waals surface area contributed by atoms with Gasteiger partial charge in [0.2, 0.25) is 0 Å². The number of aromatic nitrogens is 1. The Hall–Kier alpha value is -1.77. The van der Waals surface area contributed by atoms with Gasteiger partial charge in [0.1, 0.15) is 11.6 Å². The van der Waals surface area contributed by atoms with Gasteiger partial charge in [0, 0.05) is 23.0 Å². The number of nitrogens with one attached hydrogen (secondary N) is 1. The van der Waals surface area contributed by atoms with Crippen molar-refractivity contribution in [3.8, 4) is 5.75 Å². The molecule has 1 aromatic carbocycles. The van der Waals surface area contributed by atoms with Gasteiger partial charge in [0.05, 0.1) is 7.11 Å². The van der Waals surface area contributed by atoms with Gasteiger partial charge in [-0.3, -0.25) is 0 Å². The molecule has 2 unspecified atom stereocenters. The summed E-state index contributed by atoms with van der Waals surface area (Å²) in [4.78, 5) is 4.43. The van der Waals surface area contributed by atoms with Crippen LogP contribution in [0, 0.1) is 5.92 Å². The largest absolute Gasteiger partial charge is 0.496 e. The van der Waals surface area contributed by atoms with Crippen molar-refractivity contribution >= 4 is 16.6 Å². The predicted octanol–water partition coefficient (Wildman–Crippen LogP) is 3.06. The highest BCUT2D eigenvalue weighted by molar-refractivity contribution is 5.95. The lowest BCUT2D eigenvalue weighted by Gasteiger charge is -2.10. The molecule has 3 rings (SSSR count). The van der Waals surface area contributed by atoms with Crippen LogP contribution in [0.1, 0.15) is 13.3 Å². The van der Waals surface area contributed by atoms with Crippen LogP contribution in [-0.4, -0.2) is 18.1 Å². The summed E-state index contributed by atoms with van der Waals surface area (Å²) in [5.74, 6) is 2.63. The molecule has 1 saturated carbocycles. The molecule has 0 bridgehead atoms. The van der Waals surface area contributed by atoms with Crippen LogP contribution in [0.2, 0.25) is 0 Å². The van der Waals surface area contributed by atoms with Gasteiger partial charge in [0.25, 0.3) is 0 Å². The SMILES string of the molecule is COc1cccc2c(NC3CC3C)nccc12. The van der Waals surface area contributed by atoms with Crippen LogP contribution in [-0.2, 0) is 0 Å². The molecule has 0 spiro atoms. The second-order valence-electron chi connectivity index (χ2n) is 4.68. The molecule has 1 aromatic heterocycles. The molecule has 1 aliphatic carbocycles. The van der Waals surface area contributed by atoms with E-state index in [2.05, 4.69) is 23.3 Å². The number of methoxy groups -OCH3 is 1. The van der Waals surface area contributed by atoms with Crippen LogP contribution in [0.3, 0.4) is 0 Å². The van der Waals surface area contributed by atoms with E-state index in [-0.39, 0.29) is 0 Å². The van der Waals surface area contributed by atoms with Crippen molar-refractivity contribution in [2.75, 3.05) is 12.4 Å². The van der Waals surface area contributed by atoms with Crippen LogP contribution < -0.4 is 10.1 Å². The first-order valence-electron chi connectivity index (χ1n) is 5.98. The molecule has 0 saturated heterocycles. The van der Waals surface area contributed by atoms with E-state index < -0.39 is 0 Å².